The molecule has 2 aromatic rings. The first-order valence-electron chi connectivity index (χ1n) is 6.04. The molecule has 0 aliphatic carbocycles. The average molecular weight is 279 g/mol. The summed E-state index contributed by atoms with van der Waals surface area (Å²) in [6.45, 7) is 4.47. The van der Waals surface area contributed by atoms with Crippen LogP contribution in [0.5, 0.6) is 0 Å². The van der Waals surface area contributed by atoms with Crippen LogP contribution < -0.4 is 5.32 Å². The maximum atomic E-state index is 13.4. The van der Waals surface area contributed by atoms with Gasteiger partial charge in [-0.25, -0.2) is 4.98 Å². The van der Waals surface area contributed by atoms with Crippen LogP contribution in [0.4, 0.5) is 10.1 Å². The Labute approximate surface area is 114 Å². The van der Waals surface area contributed by atoms with Crippen LogP contribution in [-0.4, -0.2) is 9.91 Å². The van der Waals surface area contributed by atoms with Crippen molar-refractivity contribution in [1.29, 1.82) is 0 Å². The Bertz CT molecular complexity index is 620. The van der Waals surface area contributed by atoms with E-state index >= 15 is 0 Å². The van der Waals surface area contributed by atoms with E-state index < -0.39 is 16.4 Å². The van der Waals surface area contributed by atoms with Gasteiger partial charge in [-0.05, 0) is 25.5 Å². The predicted octanol–water partition coefficient (Wildman–Crippen LogP) is 2.63. The number of hydrogen-bond donors (Lipinski definition) is 1. The van der Waals surface area contributed by atoms with Crippen molar-refractivity contribution in [3.8, 4) is 0 Å². The lowest BCUT2D eigenvalue weighted by Crippen LogP contribution is -2.13. The summed E-state index contributed by atoms with van der Waals surface area (Å²) in [7, 11) is 0. The highest BCUT2D eigenvalue weighted by Crippen LogP contribution is 2.18. The van der Waals surface area contributed by atoms with Gasteiger partial charge >= 0.3 is 5.69 Å². The van der Waals surface area contributed by atoms with Crippen LogP contribution in [0, 0.1) is 29.8 Å². The summed E-state index contributed by atoms with van der Waals surface area (Å²) in [6.07, 6.45) is 0. The molecule has 106 valence electrons. The van der Waals surface area contributed by atoms with E-state index in [1.165, 1.54) is 6.07 Å². The number of nitro groups is 1. The van der Waals surface area contributed by atoms with Gasteiger partial charge in [-0.15, -0.1) is 0 Å². The van der Waals surface area contributed by atoms with Gasteiger partial charge in [0.25, 0.3) is 0 Å². The van der Waals surface area contributed by atoms with Gasteiger partial charge in [-0.2, -0.15) is 4.39 Å². The van der Waals surface area contributed by atoms with Crippen LogP contribution in [-0.2, 0) is 13.1 Å². The van der Waals surface area contributed by atoms with Crippen molar-refractivity contribution in [2.45, 2.75) is 26.9 Å². The van der Waals surface area contributed by atoms with Crippen LogP contribution in [0.2, 0.25) is 0 Å². The van der Waals surface area contributed by atoms with E-state index in [0.717, 1.165) is 23.6 Å². The summed E-state index contributed by atoms with van der Waals surface area (Å²) in [4.78, 5) is 14.0. The number of nitrogens with one attached hydrogen (secondary N) is 1. The van der Waals surface area contributed by atoms with Crippen molar-refractivity contribution >= 4 is 5.69 Å². The number of halogens is 1. The van der Waals surface area contributed by atoms with Crippen molar-refractivity contribution in [1.82, 2.24) is 10.3 Å². The Morgan fingerprint density at radius 1 is 1.40 bits per heavy atom. The van der Waals surface area contributed by atoms with E-state index in [4.69, 9.17) is 4.42 Å². The van der Waals surface area contributed by atoms with Crippen LogP contribution in [0.3, 0.4) is 0 Å². The molecule has 1 heterocycles. The third kappa shape index (κ3) is 3.18. The molecule has 0 fully saturated rings. The second-order valence-electron chi connectivity index (χ2n) is 4.40. The number of benzene rings is 1. The molecule has 0 spiro atoms. The van der Waals surface area contributed by atoms with Gasteiger partial charge in [-0.3, -0.25) is 10.1 Å². The molecule has 1 N–H and O–H groups in total. The molecule has 0 aliphatic rings. The molecule has 20 heavy (non-hydrogen) atoms. The van der Waals surface area contributed by atoms with Gasteiger partial charge in [0.15, 0.2) is 0 Å². The Kier molecular flexibility index (Phi) is 4.09. The molecule has 0 saturated carbocycles. The molecule has 0 amide bonds. The highest BCUT2D eigenvalue weighted by atomic mass is 19.1. The summed E-state index contributed by atoms with van der Waals surface area (Å²) in [5, 5.41) is 13.5. The van der Waals surface area contributed by atoms with Gasteiger partial charge < -0.3 is 9.73 Å². The Morgan fingerprint density at radius 3 is 2.70 bits per heavy atom. The number of rotatable bonds is 5. The fourth-order valence-electron chi connectivity index (χ4n) is 1.74. The summed E-state index contributed by atoms with van der Waals surface area (Å²) < 4.78 is 18.8. The Morgan fingerprint density at radius 2 is 2.15 bits per heavy atom. The standard InChI is InChI=1S/C13H14FN3O3/c1-8-9(2)20-13(16-8)7-15-6-10-3-4-12(17(18)19)11(14)5-10/h3-5,15H,6-7H2,1-2H3. The molecule has 0 unspecified atom stereocenters. The maximum absolute atomic E-state index is 13.4. The van der Waals surface area contributed by atoms with Crippen LogP contribution in [0.25, 0.3) is 0 Å². The molecule has 0 saturated heterocycles. The number of aromatic nitrogens is 1. The monoisotopic (exact) mass is 279 g/mol. The molecule has 1 aromatic heterocycles. The molecule has 2 rings (SSSR count). The van der Waals surface area contributed by atoms with Crippen LogP contribution >= 0.6 is 0 Å². The van der Waals surface area contributed by atoms with E-state index in [0.29, 0.717) is 24.5 Å². The van der Waals surface area contributed by atoms with Crippen molar-refractivity contribution in [3.63, 3.8) is 0 Å². The number of oxazole rings is 1. The highest BCUT2D eigenvalue weighted by molar-refractivity contribution is 5.34. The topological polar surface area (TPSA) is 81.2 Å². The average Bonchev–Trinajstić information content (AvgIpc) is 2.68. The SMILES string of the molecule is Cc1nc(CNCc2ccc([N+](=O)[O-])c(F)c2)oc1C. The summed E-state index contributed by atoms with van der Waals surface area (Å²) in [5.74, 6) is 0.489. The minimum absolute atomic E-state index is 0.370. The molecule has 0 radical (unpaired) electrons. The van der Waals surface area contributed by atoms with Crippen LogP contribution in [0.15, 0.2) is 22.6 Å². The highest BCUT2D eigenvalue weighted by Gasteiger charge is 2.13. The van der Waals surface area contributed by atoms with Gasteiger partial charge in [0.1, 0.15) is 5.76 Å². The largest absolute Gasteiger partial charge is 0.444 e. The Hall–Kier alpha value is -2.28. The van der Waals surface area contributed by atoms with Crippen molar-refractivity contribution in [2.75, 3.05) is 0 Å². The lowest BCUT2D eigenvalue weighted by molar-refractivity contribution is -0.387. The number of nitro benzene ring substituents is 1. The minimum atomic E-state index is -0.836. The zero-order valence-electron chi connectivity index (χ0n) is 11.1. The molecule has 1 aromatic carbocycles. The molecule has 0 aliphatic heterocycles. The molecule has 0 atom stereocenters. The normalized spacial score (nSPS) is 10.8. The minimum Gasteiger partial charge on any atom is -0.444 e. The molecular weight excluding hydrogens is 265 g/mol. The van der Waals surface area contributed by atoms with E-state index in [1.54, 1.807) is 0 Å². The second-order valence-corrected chi connectivity index (χ2v) is 4.40. The molecule has 6 nitrogen and oxygen atoms in total. The van der Waals surface area contributed by atoms with Gasteiger partial charge in [0, 0.05) is 12.6 Å². The third-order valence-electron chi connectivity index (χ3n) is 2.89. The van der Waals surface area contributed by atoms with Crippen LogP contribution in [0.1, 0.15) is 22.9 Å². The molecular formula is C13H14FN3O3. The summed E-state index contributed by atoms with van der Waals surface area (Å²) in [6, 6.07) is 3.82. The predicted molar refractivity (Wildman–Crippen MR) is 69.6 cm³/mol. The first-order valence-corrected chi connectivity index (χ1v) is 6.04. The maximum Gasteiger partial charge on any atom is 0.304 e. The van der Waals surface area contributed by atoms with E-state index in [1.807, 2.05) is 13.8 Å². The Balaban J connectivity index is 1.94. The van der Waals surface area contributed by atoms with Gasteiger partial charge in [0.05, 0.1) is 17.2 Å². The second kappa shape index (κ2) is 5.79. The first kappa shape index (κ1) is 14.1. The lowest BCUT2D eigenvalue weighted by Gasteiger charge is -2.03. The first-order chi connectivity index (χ1) is 9.47. The number of hydrogen-bond acceptors (Lipinski definition) is 5. The van der Waals surface area contributed by atoms with E-state index in [9.17, 15) is 14.5 Å². The quantitative estimate of drug-likeness (QED) is 0.672. The van der Waals surface area contributed by atoms with Crippen molar-refractivity contribution in [3.05, 3.63) is 57.0 Å². The number of nitrogens with zero attached hydrogens (tertiary/aromatic N) is 2. The van der Waals surface area contributed by atoms with Crippen molar-refractivity contribution < 1.29 is 13.7 Å². The molecule has 7 heteroatoms. The van der Waals surface area contributed by atoms with Gasteiger partial charge in [0.2, 0.25) is 11.7 Å². The van der Waals surface area contributed by atoms with E-state index in [-0.39, 0.29) is 0 Å². The zero-order chi connectivity index (χ0) is 14.7. The van der Waals surface area contributed by atoms with Crippen molar-refractivity contribution in [2.24, 2.45) is 0 Å². The smallest absolute Gasteiger partial charge is 0.304 e. The third-order valence-corrected chi connectivity index (χ3v) is 2.89. The number of aryl methyl sites for hydroxylation is 2. The lowest BCUT2D eigenvalue weighted by atomic mass is 10.2. The fraction of sp³-hybridized carbons (Fsp3) is 0.308. The van der Waals surface area contributed by atoms with Gasteiger partial charge in [-0.1, -0.05) is 6.07 Å². The molecule has 0 bridgehead atoms. The summed E-state index contributed by atoms with van der Waals surface area (Å²) in [5.41, 5.74) is 0.934. The fourth-order valence-corrected chi connectivity index (χ4v) is 1.74. The van der Waals surface area contributed by atoms with E-state index in [2.05, 4.69) is 10.3 Å². The zero-order valence-corrected chi connectivity index (χ0v) is 11.1. The summed E-state index contributed by atoms with van der Waals surface area (Å²) >= 11 is 0.